The molecule has 1 saturated heterocycles. The SMILES string of the molecule is CC.COC(=O)C(C)(C)N1CCC(C(C)O)CC1. The number of piperidine rings is 1. The van der Waals surface area contributed by atoms with Crippen LogP contribution in [0.15, 0.2) is 0 Å². The van der Waals surface area contributed by atoms with Gasteiger partial charge in [-0.3, -0.25) is 9.69 Å². The number of rotatable bonds is 3. The number of hydrogen-bond donors (Lipinski definition) is 1. The molecule has 0 aromatic rings. The van der Waals surface area contributed by atoms with Crippen LogP contribution in [0.3, 0.4) is 0 Å². The summed E-state index contributed by atoms with van der Waals surface area (Å²) < 4.78 is 4.81. The van der Waals surface area contributed by atoms with E-state index in [1.54, 1.807) is 0 Å². The molecule has 0 aliphatic carbocycles. The maximum Gasteiger partial charge on any atom is 0.325 e. The molecule has 1 atom stereocenters. The Labute approximate surface area is 111 Å². The van der Waals surface area contributed by atoms with E-state index in [1.165, 1.54) is 7.11 Å². The fourth-order valence-corrected chi connectivity index (χ4v) is 2.32. The monoisotopic (exact) mass is 259 g/mol. The number of methoxy groups -OCH3 is 1. The number of ether oxygens (including phenoxy) is 1. The average Bonchev–Trinajstić information content (AvgIpc) is 2.40. The molecule has 1 heterocycles. The summed E-state index contributed by atoms with van der Waals surface area (Å²) in [6.07, 6.45) is 1.64. The molecule has 18 heavy (non-hydrogen) atoms. The zero-order valence-electron chi connectivity index (χ0n) is 12.7. The summed E-state index contributed by atoms with van der Waals surface area (Å²) in [4.78, 5) is 13.8. The van der Waals surface area contributed by atoms with Crippen LogP contribution >= 0.6 is 0 Å². The molecule has 4 heteroatoms. The first-order valence-electron chi connectivity index (χ1n) is 6.91. The molecule has 0 radical (unpaired) electrons. The summed E-state index contributed by atoms with van der Waals surface area (Å²) in [5, 5.41) is 9.51. The van der Waals surface area contributed by atoms with E-state index in [9.17, 15) is 9.90 Å². The number of likely N-dealkylation sites (tertiary alicyclic amines) is 1. The second-order valence-corrected chi connectivity index (χ2v) is 5.12. The van der Waals surface area contributed by atoms with Crippen LogP contribution in [0.25, 0.3) is 0 Å². The van der Waals surface area contributed by atoms with E-state index in [-0.39, 0.29) is 12.1 Å². The Bertz CT molecular complexity index is 243. The van der Waals surface area contributed by atoms with Crippen molar-refractivity contribution in [3.63, 3.8) is 0 Å². The third-order valence-electron chi connectivity index (χ3n) is 3.70. The molecule has 1 N–H and O–H groups in total. The standard InChI is InChI=1S/C12H23NO3.C2H6/c1-9(14)10-5-7-13(8-6-10)12(2,3)11(15)16-4;1-2/h9-10,14H,5-8H2,1-4H3;1-2H3. The minimum Gasteiger partial charge on any atom is -0.468 e. The van der Waals surface area contributed by atoms with Crippen molar-refractivity contribution in [1.82, 2.24) is 4.90 Å². The Hall–Kier alpha value is -0.610. The van der Waals surface area contributed by atoms with Gasteiger partial charge in [0, 0.05) is 0 Å². The molecule has 0 aromatic heterocycles. The van der Waals surface area contributed by atoms with E-state index in [1.807, 2.05) is 34.6 Å². The highest BCUT2D eigenvalue weighted by atomic mass is 16.5. The fraction of sp³-hybridized carbons (Fsp3) is 0.929. The zero-order chi connectivity index (χ0) is 14.3. The van der Waals surface area contributed by atoms with Crippen LogP contribution in [0.1, 0.15) is 47.5 Å². The molecule has 0 bridgehead atoms. The molecule has 0 aromatic carbocycles. The van der Waals surface area contributed by atoms with Crippen molar-refractivity contribution in [2.75, 3.05) is 20.2 Å². The Morgan fingerprint density at radius 2 is 1.78 bits per heavy atom. The van der Waals surface area contributed by atoms with Crippen molar-refractivity contribution in [2.45, 2.75) is 59.1 Å². The molecule has 1 rings (SSSR count). The van der Waals surface area contributed by atoms with Gasteiger partial charge in [-0.25, -0.2) is 0 Å². The number of esters is 1. The number of nitrogens with zero attached hydrogens (tertiary/aromatic N) is 1. The predicted molar refractivity (Wildman–Crippen MR) is 73.4 cm³/mol. The summed E-state index contributed by atoms with van der Waals surface area (Å²) in [5.41, 5.74) is -0.557. The van der Waals surface area contributed by atoms with Crippen LogP contribution in [-0.2, 0) is 9.53 Å². The molecule has 108 valence electrons. The Morgan fingerprint density at radius 3 is 2.11 bits per heavy atom. The quantitative estimate of drug-likeness (QED) is 0.788. The third kappa shape index (κ3) is 4.25. The van der Waals surface area contributed by atoms with Gasteiger partial charge in [0.05, 0.1) is 13.2 Å². The Balaban J connectivity index is 0.00000137. The Kier molecular flexibility index (Phi) is 7.48. The lowest BCUT2D eigenvalue weighted by Gasteiger charge is -2.41. The van der Waals surface area contributed by atoms with Crippen LogP contribution < -0.4 is 0 Å². The van der Waals surface area contributed by atoms with Crippen LogP contribution in [-0.4, -0.2) is 47.8 Å². The molecule has 1 aliphatic heterocycles. The molecule has 1 unspecified atom stereocenters. The van der Waals surface area contributed by atoms with Crippen LogP contribution in [0.5, 0.6) is 0 Å². The van der Waals surface area contributed by atoms with Crippen LogP contribution in [0.4, 0.5) is 0 Å². The van der Waals surface area contributed by atoms with E-state index < -0.39 is 5.54 Å². The number of carbonyl (C=O) groups excluding carboxylic acids is 1. The van der Waals surface area contributed by atoms with Crippen molar-refractivity contribution in [3.05, 3.63) is 0 Å². The van der Waals surface area contributed by atoms with Crippen molar-refractivity contribution < 1.29 is 14.6 Å². The molecular weight excluding hydrogens is 230 g/mol. The first kappa shape index (κ1) is 17.4. The van der Waals surface area contributed by atoms with Gasteiger partial charge in [0.2, 0.25) is 0 Å². The smallest absolute Gasteiger partial charge is 0.325 e. The third-order valence-corrected chi connectivity index (χ3v) is 3.70. The summed E-state index contributed by atoms with van der Waals surface area (Å²) in [5.74, 6) is 0.174. The lowest BCUT2D eigenvalue weighted by Crippen LogP contribution is -2.54. The zero-order valence-corrected chi connectivity index (χ0v) is 12.7. The lowest BCUT2D eigenvalue weighted by molar-refractivity contribution is -0.154. The van der Waals surface area contributed by atoms with Gasteiger partial charge < -0.3 is 9.84 Å². The normalized spacial score (nSPS) is 19.7. The second kappa shape index (κ2) is 7.74. The van der Waals surface area contributed by atoms with Gasteiger partial charge in [0.25, 0.3) is 0 Å². The minimum atomic E-state index is -0.557. The van der Waals surface area contributed by atoms with E-state index in [0.717, 1.165) is 25.9 Å². The van der Waals surface area contributed by atoms with E-state index in [4.69, 9.17) is 4.74 Å². The number of carbonyl (C=O) groups is 1. The van der Waals surface area contributed by atoms with E-state index >= 15 is 0 Å². The lowest BCUT2D eigenvalue weighted by atomic mass is 9.89. The van der Waals surface area contributed by atoms with E-state index in [2.05, 4.69) is 4.90 Å². The predicted octanol–water partition coefficient (Wildman–Crippen LogP) is 2.06. The molecule has 0 amide bonds. The Morgan fingerprint density at radius 1 is 1.33 bits per heavy atom. The molecular formula is C14H29NO3. The fourth-order valence-electron chi connectivity index (χ4n) is 2.32. The van der Waals surface area contributed by atoms with Gasteiger partial charge in [0.1, 0.15) is 5.54 Å². The summed E-state index contributed by atoms with van der Waals surface area (Å²) >= 11 is 0. The maximum atomic E-state index is 11.6. The van der Waals surface area contributed by atoms with Gasteiger partial charge in [-0.1, -0.05) is 13.8 Å². The van der Waals surface area contributed by atoms with Crippen molar-refractivity contribution in [3.8, 4) is 0 Å². The van der Waals surface area contributed by atoms with E-state index in [0.29, 0.717) is 5.92 Å². The van der Waals surface area contributed by atoms with Crippen molar-refractivity contribution in [2.24, 2.45) is 5.92 Å². The van der Waals surface area contributed by atoms with Gasteiger partial charge in [-0.05, 0) is 52.6 Å². The summed E-state index contributed by atoms with van der Waals surface area (Å²) in [7, 11) is 1.42. The van der Waals surface area contributed by atoms with Crippen LogP contribution in [0, 0.1) is 5.92 Å². The van der Waals surface area contributed by atoms with Gasteiger partial charge in [-0.2, -0.15) is 0 Å². The first-order chi connectivity index (χ1) is 8.39. The number of aliphatic hydroxyl groups is 1. The van der Waals surface area contributed by atoms with Gasteiger partial charge in [-0.15, -0.1) is 0 Å². The molecule has 1 fully saturated rings. The topological polar surface area (TPSA) is 49.8 Å². The second-order valence-electron chi connectivity index (χ2n) is 5.12. The first-order valence-corrected chi connectivity index (χ1v) is 6.91. The highest BCUT2D eigenvalue weighted by Crippen LogP contribution is 2.26. The highest BCUT2D eigenvalue weighted by molar-refractivity contribution is 5.79. The minimum absolute atomic E-state index is 0.192. The maximum absolute atomic E-state index is 11.6. The highest BCUT2D eigenvalue weighted by Gasteiger charge is 2.38. The molecule has 0 saturated carbocycles. The van der Waals surface area contributed by atoms with Crippen molar-refractivity contribution in [1.29, 1.82) is 0 Å². The number of aliphatic hydroxyl groups excluding tert-OH is 1. The van der Waals surface area contributed by atoms with Gasteiger partial charge >= 0.3 is 5.97 Å². The molecule has 4 nitrogen and oxygen atoms in total. The summed E-state index contributed by atoms with van der Waals surface area (Å²) in [6, 6.07) is 0. The summed E-state index contributed by atoms with van der Waals surface area (Å²) in [6.45, 7) is 11.3. The average molecular weight is 259 g/mol. The largest absolute Gasteiger partial charge is 0.468 e. The van der Waals surface area contributed by atoms with Gasteiger partial charge in [0.15, 0.2) is 0 Å². The van der Waals surface area contributed by atoms with Crippen LogP contribution in [0.2, 0.25) is 0 Å². The molecule has 0 spiro atoms. The van der Waals surface area contributed by atoms with Crippen molar-refractivity contribution >= 4 is 5.97 Å². The number of hydrogen-bond acceptors (Lipinski definition) is 4. The molecule has 1 aliphatic rings.